The first-order valence-corrected chi connectivity index (χ1v) is 8.19. The first kappa shape index (κ1) is 14.6. The van der Waals surface area contributed by atoms with Crippen LogP contribution in [0.1, 0.15) is 52.0 Å². The number of benzene rings is 2. The van der Waals surface area contributed by atoms with Crippen molar-refractivity contribution in [3.8, 4) is 0 Å². The van der Waals surface area contributed by atoms with Gasteiger partial charge < -0.3 is 5.73 Å². The van der Waals surface area contributed by atoms with Gasteiger partial charge in [0.2, 0.25) is 0 Å². The number of nitrogens with two attached hydrogens (primary N) is 1. The third-order valence-corrected chi connectivity index (χ3v) is 5.29. The van der Waals surface area contributed by atoms with Crippen molar-refractivity contribution in [3.63, 3.8) is 0 Å². The van der Waals surface area contributed by atoms with Gasteiger partial charge in [0, 0.05) is 5.54 Å². The van der Waals surface area contributed by atoms with Crippen LogP contribution in [0.4, 0.5) is 0 Å². The summed E-state index contributed by atoms with van der Waals surface area (Å²) >= 11 is 0. The standard InChI is InChI=1S/C20H27N/c1-19(2,3)18-10-6-7-13-20(18,21)17-12-11-15-8-4-5-9-16(15)14-17/h4-5,8-9,11-12,14,18H,6-7,10,13,21H2,1-3H3. The maximum Gasteiger partial charge on any atom is 0.0443 e. The topological polar surface area (TPSA) is 26.0 Å². The molecule has 0 amide bonds. The summed E-state index contributed by atoms with van der Waals surface area (Å²) in [5.41, 5.74) is 8.39. The van der Waals surface area contributed by atoms with Gasteiger partial charge in [-0.1, -0.05) is 70.0 Å². The Kier molecular flexibility index (Phi) is 3.57. The Balaban J connectivity index is 2.08. The van der Waals surface area contributed by atoms with Gasteiger partial charge in [-0.25, -0.2) is 0 Å². The van der Waals surface area contributed by atoms with Crippen molar-refractivity contribution in [2.24, 2.45) is 17.1 Å². The second-order valence-corrected chi connectivity index (χ2v) is 7.77. The lowest BCUT2D eigenvalue weighted by Gasteiger charge is -2.48. The van der Waals surface area contributed by atoms with Gasteiger partial charge in [0.05, 0.1) is 0 Å². The number of hydrogen-bond acceptors (Lipinski definition) is 1. The third-order valence-electron chi connectivity index (χ3n) is 5.29. The molecule has 2 atom stereocenters. The van der Waals surface area contributed by atoms with Gasteiger partial charge in [0.1, 0.15) is 0 Å². The molecule has 2 unspecified atom stereocenters. The summed E-state index contributed by atoms with van der Waals surface area (Å²) in [4.78, 5) is 0. The molecule has 112 valence electrons. The predicted molar refractivity (Wildman–Crippen MR) is 91.2 cm³/mol. The summed E-state index contributed by atoms with van der Waals surface area (Å²) in [5.74, 6) is 0.542. The van der Waals surface area contributed by atoms with Crippen molar-refractivity contribution in [1.82, 2.24) is 0 Å². The summed E-state index contributed by atoms with van der Waals surface area (Å²) in [6.45, 7) is 7.02. The van der Waals surface area contributed by atoms with Crippen LogP contribution in [0.3, 0.4) is 0 Å². The minimum atomic E-state index is -0.180. The van der Waals surface area contributed by atoms with Gasteiger partial charge in [-0.05, 0) is 46.6 Å². The van der Waals surface area contributed by atoms with E-state index in [-0.39, 0.29) is 11.0 Å². The Labute approximate surface area is 128 Å². The van der Waals surface area contributed by atoms with Crippen LogP contribution in [0.2, 0.25) is 0 Å². The third kappa shape index (κ3) is 2.60. The average Bonchev–Trinajstić information content (AvgIpc) is 2.46. The second-order valence-electron chi connectivity index (χ2n) is 7.77. The van der Waals surface area contributed by atoms with Crippen molar-refractivity contribution >= 4 is 10.8 Å². The van der Waals surface area contributed by atoms with E-state index in [0.717, 1.165) is 6.42 Å². The molecule has 1 nitrogen and oxygen atoms in total. The normalized spacial score (nSPS) is 27.0. The van der Waals surface area contributed by atoms with Crippen molar-refractivity contribution in [3.05, 3.63) is 48.0 Å². The minimum Gasteiger partial charge on any atom is -0.321 e. The molecule has 2 aromatic rings. The first-order chi connectivity index (χ1) is 9.91. The Morgan fingerprint density at radius 1 is 1.00 bits per heavy atom. The molecular weight excluding hydrogens is 254 g/mol. The highest BCUT2D eigenvalue weighted by molar-refractivity contribution is 5.83. The lowest BCUT2D eigenvalue weighted by atomic mass is 9.60. The van der Waals surface area contributed by atoms with E-state index in [4.69, 9.17) is 5.73 Å². The first-order valence-electron chi connectivity index (χ1n) is 8.19. The van der Waals surface area contributed by atoms with Gasteiger partial charge in [0.25, 0.3) is 0 Å². The van der Waals surface area contributed by atoms with Crippen molar-refractivity contribution in [2.45, 2.75) is 52.0 Å². The zero-order chi connectivity index (χ0) is 15.1. The molecule has 0 aliphatic heterocycles. The molecule has 0 saturated heterocycles. The summed E-state index contributed by atoms with van der Waals surface area (Å²) < 4.78 is 0. The molecule has 2 aromatic carbocycles. The molecule has 0 radical (unpaired) electrons. The molecule has 0 bridgehead atoms. The summed E-state index contributed by atoms with van der Waals surface area (Å²) in [6, 6.07) is 15.4. The lowest BCUT2D eigenvalue weighted by molar-refractivity contribution is 0.0779. The van der Waals surface area contributed by atoms with Crippen LogP contribution >= 0.6 is 0 Å². The highest BCUT2D eigenvalue weighted by atomic mass is 14.8. The molecule has 1 heteroatoms. The molecule has 2 N–H and O–H groups in total. The minimum absolute atomic E-state index is 0.180. The molecule has 1 saturated carbocycles. The molecule has 0 aromatic heterocycles. The quantitative estimate of drug-likeness (QED) is 0.761. The predicted octanol–water partition coefficient (Wildman–Crippen LogP) is 5.23. The fraction of sp³-hybridized carbons (Fsp3) is 0.500. The number of rotatable bonds is 1. The van der Waals surface area contributed by atoms with E-state index in [9.17, 15) is 0 Å². The van der Waals surface area contributed by atoms with E-state index in [2.05, 4.69) is 63.2 Å². The largest absolute Gasteiger partial charge is 0.321 e. The van der Waals surface area contributed by atoms with Gasteiger partial charge in [-0.15, -0.1) is 0 Å². The van der Waals surface area contributed by atoms with E-state index >= 15 is 0 Å². The van der Waals surface area contributed by atoms with Gasteiger partial charge in [-0.2, -0.15) is 0 Å². The van der Waals surface area contributed by atoms with Crippen LogP contribution in [0, 0.1) is 11.3 Å². The maximum absolute atomic E-state index is 7.00. The van der Waals surface area contributed by atoms with Crippen LogP contribution in [0.15, 0.2) is 42.5 Å². The number of hydrogen-bond donors (Lipinski definition) is 1. The van der Waals surface area contributed by atoms with Crippen molar-refractivity contribution < 1.29 is 0 Å². The Morgan fingerprint density at radius 2 is 1.71 bits per heavy atom. The van der Waals surface area contributed by atoms with Crippen LogP contribution < -0.4 is 5.73 Å². The summed E-state index contributed by atoms with van der Waals surface area (Å²) in [7, 11) is 0. The molecule has 0 spiro atoms. The molecule has 1 fully saturated rings. The summed E-state index contributed by atoms with van der Waals surface area (Å²) in [5, 5.41) is 2.60. The van der Waals surface area contributed by atoms with E-state index in [0.29, 0.717) is 5.92 Å². The van der Waals surface area contributed by atoms with E-state index in [1.54, 1.807) is 0 Å². The second kappa shape index (κ2) is 5.14. The maximum atomic E-state index is 7.00. The monoisotopic (exact) mass is 281 g/mol. The number of fused-ring (bicyclic) bond motifs is 1. The molecule has 21 heavy (non-hydrogen) atoms. The van der Waals surface area contributed by atoms with Crippen molar-refractivity contribution in [1.29, 1.82) is 0 Å². The highest BCUT2D eigenvalue weighted by Gasteiger charge is 2.44. The molecule has 0 heterocycles. The van der Waals surface area contributed by atoms with Crippen LogP contribution in [-0.4, -0.2) is 0 Å². The van der Waals surface area contributed by atoms with Crippen molar-refractivity contribution in [2.75, 3.05) is 0 Å². The fourth-order valence-corrected chi connectivity index (χ4v) is 4.23. The summed E-state index contributed by atoms with van der Waals surface area (Å²) in [6.07, 6.45) is 4.91. The van der Waals surface area contributed by atoms with E-state index in [1.807, 2.05) is 0 Å². The van der Waals surface area contributed by atoms with E-state index < -0.39 is 0 Å². The SMILES string of the molecule is CC(C)(C)C1CCCCC1(N)c1ccc2ccccc2c1. The Morgan fingerprint density at radius 3 is 2.43 bits per heavy atom. The smallest absolute Gasteiger partial charge is 0.0443 e. The van der Waals surface area contributed by atoms with E-state index in [1.165, 1.54) is 35.6 Å². The van der Waals surface area contributed by atoms with Crippen LogP contribution in [0.25, 0.3) is 10.8 Å². The van der Waals surface area contributed by atoms with Gasteiger partial charge in [-0.3, -0.25) is 0 Å². The lowest BCUT2D eigenvalue weighted by Crippen LogP contribution is -2.51. The van der Waals surface area contributed by atoms with Gasteiger partial charge in [0.15, 0.2) is 0 Å². The zero-order valence-corrected chi connectivity index (χ0v) is 13.5. The zero-order valence-electron chi connectivity index (χ0n) is 13.5. The molecule has 1 aliphatic rings. The van der Waals surface area contributed by atoms with Gasteiger partial charge >= 0.3 is 0 Å². The molecule has 3 rings (SSSR count). The molecule has 1 aliphatic carbocycles. The van der Waals surface area contributed by atoms with Crippen LogP contribution in [0.5, 0.6) is 0 Å². The van der Waals surface area contributed by atoms with Crippen LogP contribution in [-0.2, 0) is 5.54 Å². The average molecular weight is 281 g/mol. The highest BCUT2D eigenvalue weighted by Crippen LogP contribution is 2.48. The fourth-order valence-electron chi connectivity index (χ4n) is 4.23. The molecular formula is C20H27N. The Hall–Kier alpha value is -1.34. The Bertz CT molecular complexity index is 638.